The minimum atomic E-state index is 0.0455. The number of carbonyl (C=O) groups excluding carboxylic acids is 1. The summed E-state index contributed by atoms with van der Waals surface area (Å²) in [6, 6.07) is 8.21. The lowest BCUT2D eigenvalue weighted by atomic mass is 9.98. The summed E-state index contributed by atoms with van der Waals surface area (Å²) < 4.78 is 0. The van der Waals surface area contributed by atoms with E-state index >= 15 is 0 Å². The largest absolute Gasteiger partial charge is 0.326 e. The number of nitrogens with two attached hydrogens (primary N) is 1. The van der Waals surface area contributed by atoms with Crippen molar-refractivity contribution in [1.29, 1.82) is 0 Å². The van der Waals surface area contributed by atoms with E-state index < -0.39 is 0 Å². The summed E-state index contributed by atoms with van der Waals surface area (Å²) >= 11 is 0. The Morgan fingerprint density at radius 2 is 2.12 bits per heavy atom. The third kappa shape index (κ3) is 2.98. The Kier molecular flexibility index (Phi) is 3.93. The molecule has 3 N–H and O–H groups in total. The lowest BCUT2D eigenvalue weighted by Crippen LogP contribution is -2.17. The van der Waals surface area contributed by atoms with Crippen LogP contribution in [0.5, 0.6) is 0 Å². The summed E-state index contributed by atoms with van der Waals surface area (Å²) in [5.41, 5.74) is 10.2. The first kappa shape index (κ1) is 15.7. The lowest BCUT2D eigenvalue weighted by molar-refractivity contribution is -0.117. The third-order valence-electron chi connectivity index (χ3n) is 4.74. The van der Waals surface area contributed by atoms with Gasteiger partial charge in [-0.15, -0.1) is 0 Å². The zero-order chi connectivity index (χ0) is 17.4. The molecule has 0 aliphatic heterocycles. The Labute approximate surface area is 146 Å². The highest BCUT2D eigenvalue weighted by Gasteiger charge is 2.30. The molecule has 4 rings (SSSR count). The highest BCUT2D eigenvalue weighted by molar-refractivity contribution is 5.98. The maximum atomic E-state index is 12.1. The molecule has 1 saturated carbocycles. The van der Waals surface area contributed by atoms with E-state index in [1.807, 2.05) is 18.3 Å². The summed E-state index contributed by atoms with van der Waals surface area (Å²) in [6.45, 7) is 2.40. The summed E-state index contributed by atoms with van der Waals surface area (Å²) in [4.78, 5) is 20.7. The topological polar surface area (TPSA) is 80.9 Å². The molecule has 1 fully saturated rings. The fourth-order valence-electron chi connectivity index (χ4n) is 3.10. The van der Waals surface area contributed by atoms with E-state index in [1.165, 1.54) is 5.56 Å². The van der Waals surface area contributed by atoms with Crippen LogP contribution < -0.4 is 11.1 Å². The lowest BCUT2D eigenvalue weighted by Gasteiger charge is -2.13. The van der Waals surface area contributed by atoms with Gasteiger partial charge in [0.15, 0.2) is 0 Å². The van der Waals surface area contributed by atoms with Gasteiger partial charge in [0.25, 0.3) is 0 Å². The van der Waals surface area contributed by atoms with Gasteiger partial charge in [0.2, 0.25) is 5.91 Å². The van der Waals surface area contributed by atoms with Gasteiger partial charge < -0.3 is 11.1 Å². The molecule has 2 heterocycles. The smallest absolute Gasteiger partial charge is 0.228 e. The molecule has 5 nitrogen and oxygen atoms in total. The molecule has 25 heavy (non-hydrogen) atoms. The minimum absolute atomic E-state index is 0.0455. The van der Waals surface area contributed by atoms with Gasteiger partial charge in [0.1, 0.15) is 5.82 Å². The standard InChI is InChI=1S/C20H20N4O/c1-12-6-7-22-11-18(12)14-4-5-16-15(8-14)10-23-19(17(16)9-21)24-20(25)13-2-3-13/h4-8,10-11,13H,2-3,9,21H2,1H3,(H,23,24,25). The maximum Gasteiger partial charge on any atom is 0.228 e. The second-order valence-corrected chi connectivity index (χ2v) is 6.55. The monoisotopic (exact) mass is 332 g/mol. The van der Waals surface area contributed by atoms with Gasteiger partial charge in [-0.25, -0.2) is 4.98 Å². The van der Waals surface area contributed by atoms with E-state index in [9.17, 15) is 4.79 Å². The van der Waals surface area contributed by atoms with E-state index in [2.05, 4.69) is 34.3 Å². The predicted molar refractivity (Wildman–Crippen MR) is 99.0 cm³/mol. The van der Waals surface area contributed by atoms with E-state index in [1.54, 1.807) is 12.4 Å². The van der Waals surface area contributed by atoms with Crippen molar-refractivity contribution in [3.63, 3.8) is 0 Å². The Balaban J connectivity index is 1.76. The minimum Gasteiger partial charge on any atom is -0.326 e. The zero-order valence-corrected chi connectivity index (χ0v) is 14.1. The summed E-state index contributed by atoms with van der Waals surface area (Å²) in [5, 5.41) is 4.96. The van der Waals surface area contributed by atoms with Gasteiger partial charge in [0.05, 0.1) is 0 Å². The Morgan fingerprint density at radius 3 is 2.84 bits per heavy atom. The van der Waals surface area contributed by atoms with E-state index in [0.29, 0.717) is 12.4 Å². The van der Waals surface area contributed by atoms with Crippen LogP contribution in [0.2, 0.25) is 0 Å². The molecule has 126 valence electrons. The number of nitrogens with zero attached hydrogens (tertiary/aromatic N) is 2. The number of hydrogen-bond donors (Lipinski definition) is 2. The van der Waals surface area contributed by atoms with Crippen LogP contribution in [0.15, 0.2) is 42.9 Å². The highest BCUT2D eigenvalue weighted by Crippen LogP contribution is 2.32. The fourth-order valence-corrected chi connectivity index (χ4v) is 3.10. The molecular weight excluding hydrogens is 312 g/mol. The molecular formula is C20H20N4O. The van der Waals surface area contributed by atoms with Crippen LogP contribution in [0.4, 0.5) is 5.82 Å². The molecule has 0 unspecified atom stereocenters. The average molecular weight is 332 g/mol. The molecule has 1 aliphatic rings. The molecule has 5 heteroatoms. The molecule has 1 aromatic carbocycles. The second-order valence-electron chi connectivity index (χ2n) is 6.55. The number of aromatic nitrogens is 2. The van der Waals surface area contributed by atoms with Crippen molar-refractivity contribution in [1.82, 2.24) is 9.97 Å². The molecule has 0 spiro atoms. The maximum absolute atomic E-state index is 12.1. The van der Waals surface area contributed by atoms with E-state index in [0.717, 1.165) is 40.3 Å². The van der Waals surface area contributed by atoms with Crippen LogP contribution in [-0.2, 0) is 11.3 Å². The Bertz CT molecular complexity index is 963. The first-order chi connectivity index (χ1) is 12.2. The van der Waals surface area contributed by atoms with Gasteiger partial charge in [0, 0.05) is 47.6 Å². The first-order valence-electron chi connectivity index (χ1n) is 8.51. The second kappa shape index (κ2) is 6.26. The van der Waals surface area contributed by atoms with Crippen molar-refractivity contribution < 1.29 is 4.79 Å². The van der Waals surface area contributed by atoms with Crippen LogP contribution in [0.25, 0.3) is 21.9 Å². The SMILES string of the molecule is Cc1ccncc1-c1ccc2c(CN)c(NC(=O)C3CC3)ncc2c1. The summed E-state index contributed by atoms with van der Waals surface area (Å²) in [6.07, 6.45) is 7.39. The van der Waals surface area contributed by atoms with E-state index in [4.69, 9.17) is 5.73 Å². The number of anilines is 1. The number of fused-ring (bicyclic) bond motifs is 1. The number of benzene rings is 1. The number of amides is 1. The van der Waals surface area contributed by atoms with Crippen LogP contribution in [0.3, 0.4) is 0 Å². The number of nitrogens with one attached hydrogen (secondary N) is 1. The highest BCUT2D eigenvalue weighted by atomic mass is 16.2. The van der Waals surface area contributed by atoms with Crippen molar-refractivity contribution in [2.75, 3.05) is 5.32 Å². The molecule has 0 bridgehead atoms. The fraction of sp³-hybridized carbons (Fsp3) is 0.250. The quantitative estimate of drug-likeness (QED) is 0.767. The van der Waals surface area contributed by atoms with Gasteiger partial charge in [-0.3, -0.25) is 9.78 Å². The molecule has 1 aliphatic carbocycles. The van der Waals surface area contributed by atoms with Crippen LogP contribution in [0, 0.1) is 12.8 Å². The number of hydrogen-bond acceptors (Lipinski definition) is 4. The van der Waals surface area contributed by atoms with Gasteiger partial charge in [-0.1, -0.05) is 12.1 Å². The van der Waals surface area contributed by atoms with Gasteiger partial charge in [-0.05, 0) is 48.4 Å². The van der Waals surface area contributed by atoms with Crippen LogP contribution >= 0.6 is 0 Å². The molecule has 1 amide bonds. The number of aryl methyl sites for hydroxylation is 1. The average Bonchev–Trinajstić information content (AvgIpc) is 3.47. The summed E-state index contributed by atoms with van der Waals surface area (Å²) in [7, 11) is 0. The van der Waals surface area contributed by atoms with Crippen molar-refractivity contribution in [2.24, 2.45) is 11.7 Å². The van der Waals surface area contributed by atoms with Crippen LogP contribution in [-0.4, -0.2) is 15.9 Å². The van der Waals surface area contributed by atoms with Crippen molar-refractivity contribution in [2.45, 2.75) is 26.3 Å². The Hall–Kier alpha value is -2.79. The van der Waals surface area contributed by atoms with Crippen molar-refractivity contribution in [3.8, 4) is 11.1 Å². The number of carbonyl (C=O) groups is 1. The van der Waals surface area contributed by atoms with Crippen molar-refractivity contribution in [3.05, 3.63) is 54.0 Å². The molecule has 0 radical (unpaired) electrons. The molecule has 0 saturated heterocycles. The predicted octanol–water partition coefficient (Wildman–Crippen LogP) is 3.41. The Morgan fingerprint density at radius 1 is 1.28 bits per heavy atom. The van der Waals surface area contributed by atoms with Gasteiger partial charge >= 0.3 is 0 Å². The zero-order valence-electron chi connectivity index (χ0n) is 14.1. The normalized spacial score (nSPS) is 13.8. The van der Waals surface area contributed by atoms with Gasteiger partial charge in [-0.2, -0.15) is 0 Å². The molecule has 3 aromatic rings. The van der Waals surface area contributed by atoms with Crippen LogP contribution in [0.1, 0.15) is 24.0 Å². The molecule has 0 atom stereocenters. The number of pyridine rings is 2. The van der Waals surface area contributed by atoms with Crippen molar-refractivity contribution >= 4 is 22.5 Å². The third-order valence-corrected chi connectivity index (χ3v) is 4.74. The van der Waals surface area contributed by atoms with E-state index in [-0.39, 0.29) is 11.8 Å². The molecule has 2 aromatic heterocycles. The number of rotatable bonds is 4. The summed E-state index contributed by atoms with van der Waals surface area (Å²) in [5.74, 6) is 0.764. The first-order valence-corrected chi connectivity index (χ1v) is 8.51.